The van der Waals surface area contributed by atoms with Gasteiger partial charge in [-0.15, -0.1) is 0 Å². The fourth-order valence-corrected chi connectivity index (χ4v) is 5.42. The Bertz CT molecular complexity index is 988. The number of esters is 1. The minimum Gasteiger partial charge on any atom is -0.426 e. The smallest absolute Gasteiger partial charge is 0.311 e. The van der Waals surface area contributed by atoms with Gasteiger partial charge in [0, 0.05) is 26.5 Å². The number of pyridine rings is 1. The zero-order chi connectivity index (χ0) is 21.6. The van der Waals surface area contributed by atoms with E-state index in [1.54, 1.807) is 6.07 Å². The molecule has 156 valence electrons. The number of quaternary nitrogens is 1. The predicted octanol–water partition coefficient (Wildman–Crippen LogP) is 2.52. The predicted molar refractivity (Wildman–Crippen MR) is 124 cm³/mol. The molecular weight excluding hydrogens is 395 g/mol. The Labute approximate surface area is 178 Å². The van der Waals surface area contributed by atoms with E-state index in [1.807, 2.05) is 36.4 Å². The molecule has 0 saturated heterocycles. The SMILES string of the molecule is C[N+](C)(C)CCCC(=O)Oc1cc(P(c2ccccc2)c2ccccc2)[nH]c(=O)c1. The number of aromatic amines is 1. The van der Waals surface area contributed by atoms with Crippen molar-refractivity contribution in [3.05, 3.63) is 83.2 Å². The van der Waals surface area contributed by atoms with Crippen LogP contribution in [-0.2, 0) is 4.79 Å². The van der Waals surface area contributed by atoms with Gasteiger partial charge in [0.2, 0.25) is 0 Å². The summed E-state index contributed by atoms with van der Waals surface area (Å²) in [7, 11) is 5.28. The Balaban J connectivity index is 1.87. The number of H-pyrrole nitrogens is 1. The van der Waals surface area contributed by atoms with Crippen LogP contribution in [-0.4, -0.2) is 43.1 Å². The molecule has 0 fully saturated rings. The molecule has 0 atom stereocenters. The molecule has 0 aliphatic carbocycles. The number of aromatic nitrogens is 1. The zero-order valence-electron chi connectivity index (χ0n) is 17.7. The van der Waals surface area contributed by atoms with Gasteiger partial charge in [0.15, 0.2) is 0 Å². The lowest BCUT2D eigenvalue weighted by molar-refractivity contribution is -0.870. The molecule has 30 heavy (non-hydrogen) atoms. The van der Waals surface area contributed by atoms with E-state index in [2.05, 4.69) is 50.4 Å². The summed E-state index contributed by atoms with van der Waals surface area (Å²) >= 11 is 0. The lowest BCUT2D eigenvalue weighted by atomic mass is 10.3. The molecule has 0 amide bonds. The third-order valence-electron chi connectivity index (χ3n) is 4.51. The summed E-state index contributed by atoms with van der Waals surface area (Å²) in [6.45, 7) is 0.878. The topological polar surface area (TPSA) is 59.2 Å². The van der Waals surface area contributed by atoms with Crippen molar-refractivity contribution >= 4 is 29.9 Å². The Morgan fingerprint density at radius 3 is 2.03 bits per heavy atom. The first-order valence-electron chi connectivity index (χ1n) is 9.97. The number of carbonyl (C=O) groups is 1. The lowest BCUT2D eigenvalue weighted by Gasteiger charge is -2.23. The quantitative estimate of drug-likeness (QED) is 0.344. The molecule has 0 unspecified atom stereocenters. The van der Waals surface area contributed by atoms with E-state index in [0.717, 1.165) is 33.5 Å². The minimum atomic E-state index is -0.979. The fraction of sp³-hybridized carbons (Fsp3) is 0.250. The van der Waals surface area contributed by atoms with Crippen molar-refractivity contribution < 1.29 is 14.0 Å². The van der Waals surface area contributed by atoms with Crippen LogP contribution in [0.2, 0.25) is 0 Å². The Hall–Kier alpha value is -2.75. The number of hydrogen-bond acceptors (Lipinski definition) is 3. The van der Waals surface area contributed by atoms with E-state index in [-0.39, 0.29) is 11.5 Å². The molecule has 0 saturated carbocycles. The van der Waals surface area contributed by atoms with Crippen LogP contribution in [0.5, 0.6) is 5.75 Å². The van der Waals surface area contributed by atoms with Crippen molar-refractivity contribution in [3.8, 4) is 5.75 Å². The molecule has 2 aromatic carbocycles. The van der Waals surface area contributed by atoms with Gasteiger partial charge in [0.1, 0.15) is 5.75 Å². The summed E-state index contributed by atoms with van der Waals surface area (Å²) in [5.41, 5.74) is 0.477. The van der Waals surface area contributed by atoms with Crippen LogP contribution in [0.3, 0.4) is 0 Å². The lowest BCUT2D eigenvalue weighted by Crippen LogP contribution is -2.35. The van der Waals surface area contributed by atoms with Crippen molar-refractivity contribution in [2.75, 3.05) is 27.7 Å². The van der Waals surface area contributed by atoms with Gasteiger partial charge in [-0.2, -0.15) is 0 Å². The van der Waals surface area contributed by atoms with Gasteiger partial charge in [0.25, 0.3) is 5.56 Å². The molecule has 0 radical (unpaired) electrons. The van der Waals surface area contributed by atoms with Crippen LogP contribution < -0.4 is 26.3 Å². The third kappa shape index (κ3) is 6.38. The van der Waals surface area contributed by atoms with Gasteiger partial charge >= 0.3 is 5.97 Å². The second-order valence-electron chi connectivity index (χ2n) is 8.16. The highest BCUT2D eigenvalue weighted by atomic mass is 31.1. The molecule has 0 bridgehead atoms. The Kier molecular flexibility index (Phi) is 7.20. The summed E-state index contributed by atoms with van der Waals surface area (Å²) < 4.78 is 6.31. The average Bonchev–Trinajstić information content (AvgIpc) is 2.68. The van der Waals surface area contributed by atoms with Crippen molar-refractivity contribution in [1.29, 1.82) is 0 Å². The fourth-order valence-electron chi connectivity index (χ4n) is 3.14. The molecular formula is C24H28N2O3P+. The minimum absolute atomic E-state index is 0.277. The van der Waals surface area contributed by atoms with Crippen molar-refractivity contribution in [3.63, 3.8) is 0 Å². The monoisotopic (exact) mass is 423 g/mol. The van der Waals surface area contributed by atoms with Gasteiger partial charge in [-0.3, -0.25) is 9.59 Å². The number of carbonyl (C=O) groups excluding carboxylic acids is 1. The largest absolute Gasteiger partial charge is 0.426 e. The van der Waals surface area contributed by atoms with Gasteiger partial charge in [0.05, 0.1) is 39.5 Å². The maximum absolute atomic E-state index is 12.4. The highest BCUT2D eigenvalue weighted by Crippen LogP contribution is 2.32. The molecule has 6 heteroatoms. The summed E-state index contributed by atoms with van der Waals surface area (Å²) in [6.07, 6.45) is 1.06. The van der Waals surface area contributed by atoms with Gasteiger partial charge in [-0.25, -0.2) is 0 Å². The molecule has 1 aromatic heterocycles. The normalized spacial score (nSPS) is 11.5. The average molecular weight is 423 g/mol. The van der Waals surface area contributed by atoms with E-state index >= 15 is 0 Å². The van der Waals surface area contributed by atoms with E-state index in [1.165, 1.54) is 6.07 Å². The van der Waals surface area contributed by atoms with E-state index in [4.69, 9.17) is 4.74 Å². The van der Waals surface area contributed by atoms with E-state index < -0.39 is 7.92 Å². The summed E-state index contributed by atoms with van der Waals surface area (Å²) in [5.74, 6) is -0.0212. The molecule has 3 aromatic rings. The second kappa shape index (κ2) is 9.84. The molecule has 0 aliphatic heterocycles. The highest BCUT2D eigenvalue weighted by molar-refractivity contribution is 7.79. The maximum Gasteiger partial charge on any atom is 0.311 e. The van der Waals surface area contributed by atoms with Crippen LogP contribution in [0.25, 0.3) is 0 Å². The molecule has 0 aliphatic rings. The van der Waals surface area contributed by atoms with Crippen molar-refractivity contribution in [2.24, 2.45) is 0 Å². The Morgan fingerprint density at radius 1 is 0.933 bits per heavy atom. The molecule has 3 rings (SSSR count). The van der Waals surface area contributed by atoms with Gasteiger partial charge < -0.3 is 14.2 Å². The number of rotatable bonds is 8. The number of benzene rings is 2. The van der Waals surface area contributed by atoms with Crippen LogP contribution >= 0.6 is 7.92 Å². The van der Waals surface area contributed by atoms with Crippen molar-refractivity contribution in [1.82, 2.24) is 4.98 Å². The molecule has 0 spiro atoms. The van der Waals surface area contributed by atoms with Crippen molar-refractivity contribution in [2.45, 2.75) is 12.8 Å². The van der Waals surface area contributed by atoms with Crippen LogP contribution in [0.1, 0.15) is 12.8 Å². The highest BCUT2D eigenvalue weighted by Gasteiger charge is 2.19. The van der Waals surface area contributed by atoms with Crippen LogP contribution in [0, 0.1) is 0 Å². The maximum atomic E-state index is 12.4. The first-order valence-corrected chi connectivity index (χ1v) is 11.3. The van der Waals surface area contributed by atoms with Crippen LogP contribution in [0.15, 0.2) is 77.6 Å². The van der Waals surface area contributed by atoms with E-state index in [9.17, 15) is 9.59 Å². The first-order chi connectivity index (χ1) is 14.3. The molecule has 5 nitrogen and oxygen atoms in total. The summed E-state index contributed by atoms with van der Waals surface area (Å²) in [6, 6.07) is 23.2. The first kappa shape index (κ1) is 21.9. The van der Waals surface area contributed by atoms with Gasteiger partial charge in [-0.05, 0) is 10.6 Å². The number of hydrogen-bond donors (Lipinski definition) is 1. The zero-order valence-corrected chi connectivity index (χ0v) is 18.6. The van der Waals surface area contributed by atoms with Gasteiger partial charge in [-0.1, -0.05) is 60.7 Å². The molecule has 1 heterocycles. The molecule has 1 N–H and O–H groups in total. The number of nitrogens with zero attached hydrogens (tertiary/aromatic N) is 1. The second-order valence-corrected chi connectivity index (χ2v) is 10.3. The summed E-state index contributed by atoms with van der Waals surface area (Å²) in [5, 5.41) is 2.22. The standard InChI is InChI=1S/C24H27N2O3P/c1-26(2,3)16-10-15-24(28)29-19-17-22(27)25-23(18-19)30(20-11-6-4-7-12-20)21-13-8-5-9-14-21/h4-9,11-14,17-18H,10,15-16H2,1-3H3/p+1. The van der Waals surface area contributed by atoms with E-state index in [0.29, 0.717) is 12.2 Å². The summed E-state index contributed by atoms with van der Waals surface area (Å²) in [4.78, 5) is 27.6. The van der Waals surface area contributed by atoms with Crippen LogP contribution in [0.4, 0.5) is 0 Å². The number of nitrogens with one attached hydrogen (secondary N) is 1. The third-order valence-corrected chi connectivity index (χ3v) is 6.87. The number of ether oxygens (including phenoxy) is 1. The Morgan fingerprint density at radius 2 is 1.50 bits per heavy atom.